The maximum absolute atomic E-state index is 11.7. The lowest BCUT2D eigenvalue weighted by atomic mass is 9.78. The summed E-state index contributed by atoms with van der Waals surface area (Å²) in [5.41, 5.74) is 2.11. The van der Waals surface area contributed by atoms with Gasteiger partial charge in [-0.2, -0.15) is 8.42 Å². The summed E-state index contributed by atoms with van der Waals surface area (Å²) in [5, 5.41) is 0. The Hall–Kier alpha value is -1.07. The van der Waals surface area contributed by atoms with E-state index in [4.69, 9.17) is 4.74 Å². The molecule has 1 aromatic carbocycles. The summed E-state index contributed by atoms with van der Waals surface area (Å²) in [4.78, 5) is -1.65. The molecule has 4 nitrogen and oxygen atoms in total. The zero-order valence-corrected chi connectivity index (χ0v) is 12.1. The Balaban J connectivity index is 2.78. The Kier molecular flexibility index (Phi) is 2.59. The zero-order chi connectivity index (χ0) is 13.9. The van der Waals surface area contributed by atoms with Crippen LogP contribution < -0.4 is 4.74 Å². The van der Waals surface area contributed by atoms with Crippen molar-refractivity contribution in [2.75, 3.05) is 0 Å². The van der Waals surface area contributed by atoms with Gasteiger partial charge in [0, 0.05) is 5.56 Å². The summed E-state index contributed by atoms with van der Waals surface area (Å²) < 4.78 is 38.4. The second kappa shape index (κ2) is 3.48. The van der Waals surface area contributed by atoms with Crippen molar-refractivity contribution in [1.29, 1.82) is 0 Å². The van der Waals surface area contributed by atoms with E-state index in [1.807, 2.05) is 19.9 Å². The maximum Gasteiger partial charge on any atom is 0.306 e. The van der Waals surface area contributed by atoms with E-state index in [1.165, 1.54) is 6.92 Å². The van der Waals surface area contributed by atoms with Crippen LogP contribution in [-0.2, 0) is 15.5 Å². The first kappa shape index (κ1) is 13.4. The van der Waals surface area contributed by atoms with Gasteiger partial charge in [-0.25, -0.2) is 0 Å². The minimum absolute atomic E-state index is 0.531. The fourth-order valence-electron chi connectivity index (χ4n) is 2.59. The highest BCUT2D eigenvalue weighted by Gasteiger charge is 2.60. The number of aryl methyl sites for hydroxylation is 1. The molecule has 1 aliphatic heterocycles. The molecule has 1 aromatic rings. The quantitative estimate of drug-likeness (QED) is 0.797. The third-order valence-electron chi connectivity index (χ3n) is 4.25. The Labute approximate surface area is 108 Å². The zero-order valence-electron chi connectivity index (χ0n) is 11.2. The molecule has 0 amide bonds. The van der Waals surface area contributed by atoms with E-state index in [-0.39, 0.29) is 0 Å². The summed E-state index contributed by atoms with van der Waals surface area (Å²) in [5.74, 6) is 0.531. The third kappa shape index (κ3) is 1.44. The first-order valence-electron chi connectivity index (χ1n) is 5.79. The molecule has 18 heavy (non-hydrogen) atoms. The van der Waals surface area contributed by atoms with Gasteiger partial charge in [0.25, 0.3) is 0 Å². The standard InChI is InChI=1S/C13H18O4S/c1-8-6-7-10-11(9(8)2)12(3,4)13(5,17-10)18(14,15)16/h6-7H,1-5H3,(H,14,15,16). The van der Waals surface area contributed by atoms with Crippen LogP contribution in [-0.4, -0.2) is 17.9 Å². The molecule has 1 N–H and O–H groups in total. The molecule has 0 radical (unpaired) electrons. The van der Waals surface area contributed by atoms with Gasteiger partial charge in [-0.15, -0.1) is 0 Å². The van der Waals surface area contributed by atoms with Crippen molar-refractivity contribution in [3.63, 3.8) is 0 Å². The fraction of sp³-hybridized carbons (Fsp3) is 0.538. The van der Waals surface area contributed by atoms with Crippen LogP contribution in [0.25, 0.3) is 0 Å². The van der Waals surface area contributed by atoms with E-state index in [2.05, 4.69) is 0 Å². The van der Waals surface area contributed by atoms with Crippen LogP contribution in [0.3, 0.4) is 0 Å². The highest BCUT2D eigenvalue weighted by Crippen LogP contribution is 2.52. The van der Waals surface area contributed by atoms with Crippen molar-refractivity contribution in [1.82, 2.24) is 0 Å². The van der Waals surface area contributed by atoms with Crippen molar-refractivity contribution < 1.29 is 17.7 Å². The Morgan fingerprint density at radius 1 is 1.17 bits per heavy atom. The number of hydrogen-bond acceptors (Lipinski definition) is 3. The number of fused-ring (bicyclic) bond motifs is 1. The molecule has 100 valence electrons. The maximum atomic E-state index is 11.7. The summed E-state index contributed by atoms with van der Waals surface area (Å²) in [7, 11) is -4.33. The molecule has 1 unspecified atom stereocenters. The molecule has 0 saturated carbocycles. The topological polar surface area (TPSA) is 63.6 Å². The lowest BCUT2D eigenvalue weighted by Gasteiger charge is -2.34. The summed E-state index contributed by atoms with van der Waals surface area (Å²) in [6.45, 7) is 8.87. The number of rotatable bonds is 1. The van der Waals surface area contributed by atoms with Crippen molar-refractivity contribution in [2.24, 2.45) is 0 Å². The number of hydrogen-bond donors (Lipinski definition) is 1. The third-order valence-corrected chi connectivity index (χ3v) is 5.83. The highest BCUT2D eigenvalue weighted by atomic mass is 32.2. The minimum atomic E-state index is -4.33. The molecule has 0 bridgehead atoms. The van der Waals surface area contributed by atoms with Gasteiger partial charge in [0.2, 0.25) is 4.93 Å². The summed E-state index contributed by atoms with van der Waals surface area (Å²) >= 11 is 0. The second-order valence-electron chi connectivity index (χ2n) is 5.53. The lowest BCUT2D eigenvalue weighted by Crippen LogP contribution is -2.51. The Morgan fingerprint density at radius 2 is 1.72 bits per heavy atom. The molecule has 0 spiro atoms. The Bertz CT molecular complexity index is 616. The monoisotopic (exact) mass is 270 g/mol. The summed E-state index contributed by atoms with van der Waals surface area (Å²) in [6.07, 6.45) is 0. The van der Waals surface area contributed by atoms with Crippen molar-refractivity contribution in [3.8, 4) is 5.75 Å². The minimum Gasteiger partial charge on any atom is -0.468 e. The van der Waals surface area contributed by atoms with Crippen LogP contribution in [0, 0.1) is 13.8 Å². The molecule has 0 aliphatic carbocycles. The fourth-order valence-corrected chi connectivity index (χ4v) is 3.53. The highest BCUT2D eigenvalue weighted by molar-refractivity contribution is 7.87. The Morgan fingerprint density at radius 3 is 2.22 bits per heavy atom. The summed E-state index contributed by atoms with van der Waals surface area (Å²) in [6, 6.07) is 3.65. The van der Waals surface area contributed by atoms with E-state index in [1.54, 1.807) is 19.9 Å². The van der Waals surface area contributed by atoms with Gasteiger partial charge in [-0.1, -0.05) is 19.9 Å². The van der Waals surface area contributed by atoms with Crippen LogP contribution in [0.2, 0.25) is 0 Å². The predicted molar refractivity (Wildman–Crippen MR) is 69.5 cm³/mol. The lowest BCUT2D eigenvalue weighted by molar-refractivity contribution is 0.123. The van der Waals surface area contributed by atoms with Gasteiger partial charge >= 0.3 is 10.1 Å². The molecule has 0 aromatic heterocycles. The largest absolute Gasteiger partial charge is 0.468 e. The van der Waals surface area contributed by atoms with Gasteiger partial charge in [0.05, 0.1) is 5.41 Å². The molecular weight excluding hydrogens is 252 g/mol. The smallest absolute Gasteiger partial charge is 0.306 e. The number of benzene rings is 1. The predicted octanol–water partition coefficient (Wildman–Crippen LogP) is 2.58. The first-order chi connectivity index (χ1) is 8.02. The molecule has 0 fully saturated rings. The van der Waals surface area contributed by atoms with Crippen LogP contribution >= 0.6 is 0 Å². The van der Waals surface area contributed by atoms with Crippen LogP contribution in [0.5, 0.6) is 5.75 Å². The van der Waals surface area contributed by atoms with Gasteiger partial charge in [0.1, 0.15) is 5.75 Å². The van der Waals surface area contributed by atoms with Crippen LogP contribution in [0.4, 0.5) is 0 Å². The van der Waals surface area contributed by atoms with Gasteiger partial charge < -0.3 is 4.74 Å². The second-order valence-corrected chi connectivity index (χ2v) is 7.26. The average Bonchev–Trinajstić information content (AvgIpc) is 2.42. The molecule has 5 heteroatoms. The molecule has 2 rings (SSSR count). The van der Waals surface area contributed by atoms with E-state index in [0.29, 0.717) is 5.75 Å². The van der Waals surface area contributed by atoms with Crippen molar-refractivity contribution in [3.05, 3.63) is 28.8 Å². The van der Waals surface area contributed by atoms with Gasteiger partial charge in [-0.05, 0) is 38.0 Å². The average molecular weight is 270 g/mol. The SMILES string of the molecule is Cc1ccc2c(c1C)C(C)(C)C(C)(S(=O)(=O)O)O2. The van der Waals surface area contributed by atoms with E-state index >= 15 is 0 Å². The molecule has 1 aliphatic rings. The first-order valence-corrected chi connectivity index (χ1v) is 7.23. The molecule has 0 saturated heterocycles. The van der Waals surface area contributed by atoms with Crippen molar-refractivity contribution in [2.45, 2.75) is 45.0 Å². The van der Waals surface area contributed by atoms with Gasteiger partial charge in [0.15, 0.2) is 0 Å². The molecule has 1 heterocycles. The molecule has 1 atom stereocenters. The van der Waals surface area contributed by atoms with Crippen LogP contribution in [0.15, 0.2) is 12.1 Å². The number of ether oxygens (including phenoxy) is 1. The van der Waals surface area contributed by atoms with Crippen molar-refractivity contribution >= 4 is 10.1 Å². The molecular formula is C13H18O4S. The van der Waals surface area contributed by atoms with E-state index < -0.39 is 20.5 Å². The van der Waals surface area contributed by atoms with Gasteiger partial charge in [-0.3, -0.25) is 4.55 Å². The van der Waals surface area contributed by atoms with E-state index in [0.717, 1.165) is 16.7 Å². The normalized spacial score (nSPS) is 25.7. The van der Waals surface area contributed by atoms with E-state index in [9.17, 15) is 13.0 Å². The van der Waals surface area contributed by atoms with Crippen LogP contribution in [0.1, 0.15) is 37.5 Å².